The molecule has 0 saturated carbocycles. The van der Waals surface area contributed by atoms with Crippen molar-refractivity contribution in [3.05, 3.63) is 47.0 Å². The number of piperidine rings is 1. The average Bonchev–Trinajstić information content (AvgIpc) is 3.16. The van der Waals surface area contributed by atoms with Crippen LogP contribution < -0.4 is 16.0 Å². The van der Waals surface area contributed by atoms with E-state index in [0.29, 0.717) is 30.6 Å². The molecule has 3 aliphatic heterocycles. The number of nitrogens with zero attached hydrogens (tertiary/aromatic N) is 2. The number of fused-ring (bicyclic) bond motifs is 2. The maximum absolute atomic E-state index is 13.8. The Morgan fingerprint density at radius 1 is 1.05 bits per heavy atom. The van der Waals surface area contributed by atoms with Crippen LogP contribution in [0.4, 0.5) is 24.5 Å². The molecule has 2 saturated heterocycles. The van der Waals surface area contributed by atoms with Gasteiger partial charge in [-0.3, -0.25) is 0 Å². The minimum absolute atomic E-state index is 0. The Kier molecular flexibility index (Phi) is 10.0. The maximum atomic E-state index is 13.8. The highest BCUT2D eigenvalue weighted by Gasteiger charge is 2.34. The number of alkyl halides is 3. The molecule has 0 bridgehead atoms. The zero-order valence-electron chi connectivity index (χ0n) is 21.3. The number of halogens is 5. The van der Waals surface area contributed by atoms with E-state index in [1.54, 1.807) is 0 Å². The highest BCUT2D eigenvalue weighted by atomic mass is 35.5. The van der Waals surface area contributed by atoms with Crippen molar-refractivity contribution in [2.75, 3.05) is 42.9 Å². The number of nitrogens with two attached hydrogens (primary N) is 1. The van der Waals surface area contributed by atoms with E-state index in [4.69, 9.17) is 5.73 Å². The Labute approximate surface area is 234 Å². The van der Waals surface area contributed by atoms with Gasteiger partial charge in [-0.2, -0.15) is 13.2 Å². The summed E-state index contributed by atoms with van der Waals surface area (Å²) in [6.45, 7) is 8.89. The number of benzene rings is 2. The summed E-state index contributed by atoms with van der Waals surface area (Å²) < 4.78 is 41.5. The summed E-state index contributed by atoms with van der Waals surface area (Å²) in [6, 6.07) is 9.84. The monoisotopic (exact) mass is 576 g/mol. The van der Waals surface area contributed by atoms with Crippen LogP contribution in [0.3, 0.4) is 0 Å². The van der Waals surface area contributed by atoms with Gasteiger partial charge < -0.3 is 20.9 Å². The molecular formula is C27H37Cl2F3N4S. The Morgan fingerprint density at radius 3 is 2.41 bits per heavy atom. The van der Waals surface area contributed by atoms with Crippen LogP contribution in [-0.2, 0) is 12.6 Å². The molecule has 5 rings (SSSR count). The van der Waals surface area contributed by atoms with Crippen LogP contribution in [0, 0.1) is 5.92 Å². The SMILES string of the molecule is CC1CC(C)N(c2ccc3c(c2)Sc2cc(C(F)(F)F)cc(NC4CCN(CCN)CC4)c2C3)C1.Cl.Cl. The van der Waals surface area contributed by atoms with Gasteiger partial charge in [-0.25, -0.2) is 0 Å². The molecule has 2 aromatic carbocycles. The molecule has 3 heterocycles. The van der Waals surface area contributed by atoms with Crippen LogP contribution in [0.15, 0.2) is 40.1 Å². The molecule has 2 atom stereocenters. The third kappa shape index (κ3) is 6.64. The number of anilines is 2. The lowest BCUT2D eigenvalue weighted by molar-refractivity contribution is -0.137. The van der Waals surface area contributed by atoms with Crippen LogP contribution in [0.25, 0.3) is 0 Å². The van der Waals surface area contributed by atoms with E-state index in [-0.39, 0.29) is 30.9 Å². The lowest BCUT2D eigenvalue weighted by Gasteiger charge is -2.34. The summed E-state index contributed by atoms with van der Waals surface area (Å²) in [5.41, 5.74) is 9.08. The van der Waals surface area contributed by atoms with E-state index >= 15 is 0 Å². The fourth-order valence-electron chi connectivity index (χ4n) is 5.85. The highest BCUT2D eigenvalue weighted by Crippen LogP contribution is 2.47. The second kappa shape index (κ2) is 12.2. The molecule has 10 heteroatoms. The third-order valence-electron chi connectivity index (χ3n) is 7.68. The first-order valence-electron chi connectivity index (χ1n) is 12.7. The van der Waals surface area contributed by atoms with Crippen molar-refractivity contribution in [1.29, 1.82) is 0 Å². The molecule has 3 N–H and O–H groups in total. The molecule has 0 radical (unpaired) electrons. The van der Waals surface area contributed by atoms with Crippen LogP contribution in [0.1, 0.15) is 49.8 Å². The van der Waals surface area contributed by atoms with Gasteiger partial charge in [0.05, 0.1) is 5.56 Å². The Morgan fingerprint density at radius 2 is 1.78 bits per heavy atom. The summed E-state index contributed by atoms with van der Waals surface area (Å²) in [5, 5.41) is 3.50. The number of rotatable bonds is 5. The van der Waals surface area contributed by atoms with Crippen molar-refractivity contribution in [2.24, 2.45) is 11.7 Å². The van der Waals surface area contributed by atoms with Crippen molar-refractivity contribution in [3.8, 4) is 0 Å². The number of hydrogen-bond acceptors (Lipinski definition) is 5. The molecule has 2 fully saturated rings. The number of nitrogens with one attached hydrogen (secondary N) is 1. The number of hydrogen-bond donors (Lipinski definition) is 2. The minimum Gasteiger partial charge on any atom is -0.382 e. The van der Waals surface area contributed by atoms with Crippen LogP contribution in [0.2, 0.25) is 0 Å². The van der Waals surface area contributed by atoms with Crippen molar-refractivity contribution in [1.82, 2.24) is 4.90 Å². The first-order valence-corrected chi connectivity index (χ1v) is 13.5. The Balaban J connectivity index is 0.00000190. The molecule has 0 aromatic heterocycles. The summed E-state index contributed by atoms with van der Waals surface area (Å²) >= 11 is 1.48. The van der Waals surface area contributed by atoms with Crippen LogP contribution >= 0.6 is 36.6 Å². The van der Waals surface area contributed by atoms with E-state index in [1.165, 1.54) is 41.6 Å². The first-order chi connectivity index (χ1) is 16.7. The molecule has 0 spiro atoms. The lowest BCUT2D eigenvalue weighted by Crippen LogP contribution is -2.41. The Bertz CT molecular complexity index is 1080. The molecule has 0 aliphatic carbocycles. The van der Waals surface area contributed by atoms with Gasteiger partial charge in [0, 0.05) is 72.4 Å². The molecule has 206 valence electrons. The van der Waals surface area contributed by atoms with Gasteiger partial charge in [0.25, 0.3) is 0 Å². The van der Waals surface area contributed by atoms with Gasteiger partial charge >= 0.3 is 6.18 Å². The second-order valence-corrected chi connectivity index (χ2v) is 11.5. The average molecular weight is 578 g/mol. The van der Waals surface area contributed by atoms with Crippen molar-refractivity contribution in [3.63, 3.8) is 0 Å². The quantitative estimate of drug-likeness (QED) is 0.355. The molecule has 4 nitrogen and oxygen atoms in total. The Hall–Kier alpha value is -1.32. The molecule has 0 amide bonds. The zero-order chi connectivity index (χ0) is 24.7. The summed E-state index contributed by atoms with van der Waals surface area (Å²) in [6.07, 6.45) is -0.743. The number of likely N-dealkylation sites (tertiary alicyclic amines) is 1. The minimum atomic E-state index is -4.38. The highest BCUT2D eigenvalue weighted by molar-refractivity contribution is 7.99. The van der Waals surface area contributed by atoms with Crippen LogP contribution in [-0.4, -0.2) is 49.7 Å². The zero-order valence-corrected chi connectivity index (χ0v) is 23.8. The predicted octanol–water partition coefficient (Wildman–Crippen LogP) is 6.67. The van der Waals surface area contributed by atoms with Gasteiger partial charge in [-0.05, 0) is 67.5 Å². The molecular weight excluding hydrogens is 540 g/mol. The molecule has 2 unspecified atom stereocenters. The first kappa shape index (κ1) is 30.2. The van der Waals surface area contributed by atoms with Gasteiger partial charge in [-0.1, -0.05) is 24.8 Å². The predicted molar refractivity (Wildman–Crippen MR) is 152 cm³/mol. The van der Waals surface area contributed by atoms with Gasteiger partial charge in [0.2, 0.25) is 0 Å². The summed E-state index contributed by atoms with van der Waals surface area (Å²) in [4.78, 5) is 6.54. The second-order valence-electron chi connectivity index (χ2n) is 10.5. The van der Waals surface area contributed by atoms with Crippen molar-refractivity contribution >= 4 is 48.0 Å². The fraction of sp³-hybridized carbons (Fsp3) is 0.556. The van der Waals surface area contributed by atoms with Gasteiger partial charge in [0.1, 0.15) is 0 Å². The largest absolute Gasteiger partial charge is 0.416 e. The summed E-state index contributed by atoms with van der Waals surface area (Å²) in [7, 11) is 0. The van der Waals surface area contributed by atoms with E-state index in [2.05, 4.69) is 47.2 Å². The van der Waals surface area contributed by atoms with Gasteiger partial charge in [-0.15, -0.1) is 24.8 Å². The van der Waals surface area contributed by atoms with E-state index in [0.717, 1.165) is 54.4 Å². The molecule has 2 aromatic rings. The fourth-order valence-corrected chi connectivity index (χ4v) is 7.03. The smallest absolute Gasteiger partial charge is 0.382 e. The van der Waals surface area contributed by atoms with E-state index < -0.39 is 11.7 Å². The molecule has 3 aliphatic rings. The van der Waals surface area contributed by atoms with Crippen molar-refractivity contribution < 1.29 is 13.2 Å². The van der Waals surface area contributed by atoms with Gasteiger partial charge in [0.15, 0.2) is 0 Å². The molecule has 37 heavy (non-hydrogen) atoms. The maximum Gasteiger partial charge on any atom is 0.416 e. The van der Waals surface area contributed by atoms with Crippen LogP contribution in [0.5, 0.6) is 0 Å². The van der Waals surface area contributed by atoms with E-state index in [9.17, 15) is 13.2 Å². The van der Waals surface area contributed by atoms with Crippen molar-refractivity contribution in [2.45, 2.75) is 67.6 Å². The summed E-state index contributed by atoms with van der Waals surface area (Å²) in [5.74, 6) is 0.652. The lowest BCUT2D eigenvalue weighted by atomic mass is 9.98. The van der Waals surface area contributed by atoms with E-state index in [1.807, 2.05) is 0 Å². The topological polar surface area (TPSA) is 44.5 Å². The normalized spacial score (nSPS) is 22.1. The third-order valence-corrected chi connectivity index (χ3v) is 8.87. The standard InChI is InChI=1S/C27H35F3N4S.2ClH/c1-17-11-18(2)34(16-17)22-4-3-19-12-23-24(32-21-5-8-33(9-6-21)10-7-31)13-20(27(28,29)30)14-26(23)35-25(19)15-22;;/h3-4,13-15,17-18,21,32H,5-12,16,31H2,1-2H3;2*1H.